The van der Waals surface area contributed by atoms with Crippen LogP contribution in [-0.4, -0.2) is 46.3 Å². The van der Waals surface area contributed by atoms with Crippen LogP contribution in [0.15, 0.2) is 12.4 Å². The zero-order valence-electron chi connectivity index (χ0n) is 10.9. The minimum absolute atomic E-state index is 0.201. The van der Waals surface area contributed by atoms with Crippen LogP contribution in [-0.2, 0) is 11.8 Å². The van der Waals surface area contributed by atoms with Gasteiger partial charge in [0.25, 0.3) is 0 Å². The second-order valence-electron chi connectivity index (χ2n) is 4.47. The summed E-state index contributed by atoms with van der Waals surface area (Å²) in [6, 6.07) is 0.372. The molecule has 18 heavy (non-hydrogen) atoms. The Morgan fingerprint density at radius 3 is 2.83 bits per heavy atom. The predicted molar refractivity (Wildman–Crippen MR) is 68.4 cm³/mol. The Hall–Kier alpha value is -1.72. The number of imidazole rings is 1. The minimum atomic E-state index is -0.201. The largest absolute Gasteiger partial charge is 0.450 e. The number of amides is 1. The van der Waals surface area contributed by atoms with E-state index in [1.54, 1.807) is 11.1 Å². The third kappa shape index (κ3) is 2.94. The van der Waals surface area contributed by atoms with Crippen molar-refractivity contribution in [2.24, 2.45) is 7.05 Å². The number of likely N-dealkylation sites (tertiary alicyclic amines) is 1. The van der Waals surface area contributed by atoms with Gasteiger partial charge in [0.15, 0.2) is 0 Å². The number of rotatable bonds is 3. The van der Waals surface area contributed by atoms with Crippen molar-refractivity contribution in [3.05, 3.63) is 12.4 Å². The standard InChI is InChI=1S/C12H20N4O2/c1-3-18-12(17)16-7-4-10(5-8-16)14-11-13-6-9-15(11)2/h6,9-10H,3-5,7-8H2,1-2H3,(H,13,14). The van der Waals surface area contributed by atoms with Gasteiger partial charge in [0, 0.05) is 38.6 Å². The number of carbonyl (C=O) groups excluding carboxylic acids is 1. The lowest BCUT2D eigenvalue weighted by atomic mass is 10.1. The normalized spacial score (nSPS) is 16.7. The van der Waals surface area contributed by atoms with Gasteiger partial charge in [0.2, 0.25) is 5.95 Å². The summed E-state index contributed by atoms with van der Waals surface area (Å²) < 4.78 is 6.95. The van der Waals surface area contributed by atoms with Crippen LogP contribution in [0.1, 0.15) is 19.8 Å². The Kier molecular flexibility index (Phi) is 4.07. The van der Waals surface area contributed by atoms with Crippen LogP contribution in [0.25, 0.3) is 0 Å². The molecule has 0 spiro atoms. The van der Waals surface area contributed by atoms with Gasteiger partial charge >= 0.3 is 6.09 Å². The molecule has 100 valence electrons. The molecule has 1 aromatic heterocycles. The van der Waals surface area contributed by atoms with Gasteiger partial charge in [-0.2, -0.15) is 0 Å². The molecule has 2 rings (SSSR count). The first-order valence-corrected chi connectivity index (χ1v) is 6.36. The fourth-order valence-corrected chi connectivity index (χ4v) is 2.11. The summed E-state index contributed by atoms with van der Waals surface area (Å²) in [4.78, 5) is 17.5. The molecule has 1 amide bonds. The predicted octanol–water partition coefficient (Wildman–Crippen LogP) is 1.45. The maximum absolute atomic E-state index is 11.5. The Morgan fingerprint density at radius 1 is 1.56 bits per heavy atom. The molecule has 1 aromatic rings. The van der Waals surface area contributed by atoms with Crippen molar-refractivity contribution in [1.82, 2.24) is 14.5 Å². The van der Waals surface area contributed by atoms with E-state index in [9.17, 15) is 4.79 Å². The van der Waals surface area contributed by atoms with Gasteiger partial charge in [-0.05, 0) is 19.8 Å². The second-order valence-corrected chi connectivity index (χ2v) is 4.47. The molecule has 0 saturated carbocycles. The van der Waals surface area contributed by atoms with Crippen molar-refractivity contribution in [2.75, 3.05) is 25.0 Å². The first-order chi connectivity index (χ1) is 8.70. The van der Waals surface area contributed by atoms with Crippen LogP contribution < -0.4 is 5.32 Å². The van der Waals surface area contributed by atoms with E-state index in [4.69, 9.17) is 4.74 Å². The summed E-state index contributed by atoms with van der Waals surface area (Å²) in [6.07, 6.45) is 5.33. The third-order valence-electron chi connectivity index (χ3n) is 3.18. The summed E-state index contributed by atoms with van der Waals surface area (Å²) in [5.74, 6) is 0.879. The fraction of sp³-hybridized carbons (Fsp3) is 0.667. The van der Waals surface area contributed by atoms with Gasteiger partial charge < -0.3 is 19.5 Å². The molecule has 1 aliphatic rings. The third-order valence-corrected chi connectivity index (χ3v) is 3.18. The minimum Gasteiger partial charge on any atom is -0.450 e. The van der Waals surface area contributed by atoms with E-state index >= 15 is 0 Å². The molecule has 1 fully saturated rings. The first-order valence-electron chi connectivity index (χ1n) is 6.36. The van der Waals surface area contributed by atoms with Crippen LogP contribution in [0.5, 0.6) is 0 Å². The molecular weight excluding hydrogens is 232 g/mol. The number of nitrogens with zero attached hydrogens (tertiary/aromatic N) is 3. The number of hydrogen-bond acceptors (Lipinski definition) is 4. The van der Waals surface area contributed by atoms with E-state index in [0.29, 0.717) is 12.6 Å². The molecule has 0 bridgehead atoms. The van der Waals surface area contributed by atoms with Crippen LogP contribution in [0.4, 0.5) is 10.7 Å². The fourth-order valence-electron chi connectivity index (χ4n) is 2.11. The SMILES string of the molecule is CCOC(=O)N1CCC(Nc2nccn2C)CC1. The van der Waals surface area contributed by atoms with Crippen molar-refractivity contribution < 1.29 is 9.53 Å². The van der Waals surface area contributed by atoms with Gasteiger partial charge in [0.05, 0.1) is 6.61 Å². The van der Waals surface area contributed by atoms with Crippen molar-refractivity contribution in [3.63, 3.8) is 0 Å². The average molecular weight is 252 g/mol. The molecule has 1 N–H and O–H groups in total. The number of aromatic nitrogens is 2. The Labute approximate surface area is 107 Å². The van der Waals surface area contributed by atoms with Gasteiger partial charge in [-0.1, -0.05) is 0 Å². The molecule has 2 heterocycles. The molecule has 0 unspecified atom stereocenters. The van der Waals surface area contributed by atoms with E-state index < -0.39 is 0 Å². The summed E-state index contributed by atoms with van der Waals surface area (Å²) in [6.45, 7) is 3.74. The monoisotopic (exact) mass is 252 g/mol. The van der Waals surface area contributed by atoms with Crippen molar-refractivity contribution in [2.45, 2.75) is 25.8 Å². The quantitative estimate of drug-likeness (QED) is 0.884. The van der Waals surface area contributed by atoms with Crippen LogP contribution in [0.3, 0.4) is 0 Å². The highest BCUT2D eigenvalue weighted by atomic mass is 16.6. The lowest BCUT2D eigenvalue weighted by molar-refractivity contribution is 0.0983. The summed E-state index contributed by atoms with van der Waals surface area (Å²) in [5, 5.41) is 3.39. The zero-order valence-corrected chi connectivity index (χ0v) is 10.9. The highest BCUT2D eigenvalue weighted by molar-refractivity contribution is 5.67. The van der Waals surface area contributed by atoms with Gasteiger partial charge in [0.1, 0.15) is 0 Å². The molecule has 0 aromatic carbocycles. The smallest absolute Gasteiger partial charge is 0.409 e. The second kappa shape index (κ2) is 5.75. The molecule has 1 saturated heterocycles. The molecule has 0 atom stereocenters. The molecule has 6 nitrogen and oxygen atoms in total. The molecule has 6 heteroatoms. The number of anilines is 1. The summed E-state index contributed by atoms with van der Waals surface area (Å²) in [7, 11) is 1.96. The summed E-state index contributed by atoms with van der Waals surface area (Å²) in [5.41, 5.74) is 0. The van der Waals surface area contributed by atoms with Gasteiger partial charge in [-0.3, -0.25) is 0 Å². The van der Waals surface area contributed by atoms with Gasteiger partial charge in [-0.25, -0.2) is 9.78 Å². The highest BCUT2D eigenvalue weighted by Gasteiger charge is 2.23. The lowest BCUT2D eigenvalue weighted by Gasteiger charge is -2.31. The Balaban J connectivity index is 1.80. The van der Waals surface area contributed by atoms with Crippen LogP contribution in [0, 0.1) is 0 Å². The molecule has 0 radical (unpaired) electrons. The average Bonchev–Trinajstić information content (AvgIpc) is 2.76. The van der Waals surface area contributed by atoms with E-state index in [1.165, 1.54) is 0 Å². The Bertz CT molecular complexity index is 397. The van der Waals surface area contributed by atoms with E-state index in [-0.39, 0.29) is 6.09 Å². The van der Waals surface area contributed by atoms with Crippen LogP contribution >= 0.6 is 0 Å². The highest BCUT2D eigenvalue weighted by Crippen LogP contribution is 2.15. The maximum Gasteiger partial charge on any atom is 0.409 e. The number of aryl methyl sites for hydroxylation is 1. The van der Waals surface area contributed by atoms with Gasteiger partial charge in [-0.15, -0.1) is 0 Å². The number of ether oxygens (including phenoxy) is 1. The van der Waals surface area contributed by atoms with E-state index in [2.05, 4.69) is 10.3 Å². The first kappa shape index (κ1) is 12.7. The lowest BCUT2D eigenvalue weighted by Crippen LogP contribution is -2.42. The number of piperidine rings is 1. The molecule has 0 aliphatic carbocycles. The number of carbonyl (C=O) groups is 1. The molecule has 1 aliphatic heterocycles. The topological polar surface area (TPSA) is 59.4 Å². The zero-order chi connectivity index (χ0) is 13.0. The van der Waals surface area contributed by atoms with Crippen LogP contribution in [0.2, 0.25) is 0 Å². The van der Waals surface area contributed by atoms with Crippen molar-refractivity contribution in [3.8, 4) is 0 Å². The van der Waals surface area contributed by atoms with Crippen molar-refractivity contribution >= 4 is 12.0 Å². The van der Waals surface area contributed by atoms with E-state index in [1.807, 2.05) is 24.7 Å². The Morgan fingerprint density at radius 2 is 2.28 bits per heavy atom. The molecular formula is C12H20N4O2. The van der Waals surface area contributed by atoms with E-state index in [0.717, 1.165) is 31.9 Å². The van der Waals surface area contributed by atoms with Crippen molar-refractivity contribution in [1.29, 1.82) is 0 Å². The maximum atomic E-state index is 11.5. The number of nitrogens with one attached hydrogen (secondary N) is 1. The summed E-state index contributed by atoms with van der Waals surface area (Å²) >= 11 is 0. The number of hydrogen-bond donors (Lipinski definition) is 1.